The molecule has 0 aromatic rings. The molecule has 0 heterocycles. The highest BCUT2D eigenvalue weighted by atomic mass is 16.3. The maximum absolute atomic E-state index is 9.38. The molecule has 0 spiro atoms. The molecule has 0 saturated carbocycles. The molecule has 0 radical (unpaired) electrons. The Kier molecular flexibility index (Phi) is 3.37. The number of rotatable bonds is 2. The Morgan fingerprint density at radius 2 is 2.45 bits per heavy atom. The summed E-state index contributed by atoms with van der Waals surface area (Å²) in [5.41, 5.74) is 1.35. The third kappa shape index (κ3) is 2.89. The molecule has 0 bridgehead atoms. The number of hydrogen-bond donors (Lipinski definition) is 1. The summed E-state index contributed by atoms with van der Waals surface area (Å²) in [4.78, 5) is 0. The Labute approximate surface area is 68.4 Å². The fourth-order valence-corrected chi connectivity index (χ4v) is 1.50. The van der Waals surface area contributed by atoms with Crippen LogP contribution in [-0.2, 0) is 0 Å². The average molecular weight is 152 g/mol. The molecular weight excluding hydrogens is 136 g/mol. The molecule has 1 aliphatic carbocycles. The molecule has 1 nitrogen and oxygen atoms in total. The van der Waals surface area contributed by atoms with Gasteiger partial charge in [0.2, 0.25) is 0 Å². The molecule has 1 unspecified atom stereocenters. The Bertz CT molecular complexity index is 158. The first-order valence-electron chi connectivity index (χ1n) is 4.31. The minimum absolute atomic E-state index is 0.201. The van der Waals surface area contributed by atoms with Crippen LogP contribution in [0, 0.1) is 0 Å². The zero-order valence-corrected chi connectivity index (χ0v) is 6.92. The highest BCUT2D eigenvalue weighted by Gasteiger charge is 2.07. The summed E-state index contributed by atoms with van der Waals surface area (Å²) in [6.07, 6.45) is 9.08. The molecule has 0 saturated heterocycles. The molecule has 1 heteroatoms. The smallest absolute Gasteiger partial charge is 0.0723 e. The van der Waals surface area contributed by atoms with Gasteiger partial charge in [0, 0.05) is 0 Å². The van der Waals surface area contributed by atoms with E-state index in [1.807, 2.05) is 12.2 Å². The summed E-state index contributed by atoms with van der Waals surface area (Å²) in [7, 11) is 0. The first-order chi connectivity index (χ1) is 5.33. The molecule has 0 amide bonds. The van der Waals surface area contributed by atoms with Crippen LogP contribution in [0.1, 0.15) is 32.1 Å². The van der Waals surface area contributed by atoms with Crippen molar-refractivity contribution < 1.29 is 5.11 Å². The van der Waals surface area contributed by atoms with Crippen molar-refractivity contribution in [2.45, 2.75) is 38.2 Å². The number of hydrogen-bond acceptors (Lipinski definition) is 1. The summed E-state index contributed by atoms with van der Waals surface area (Å²) >= 11 is 0. The van der Waals surface area contributed by atoms with E-state index in [0.717, 1.165) is 25.7 Å². The van der Waals surface area contributed by atoms with Crippen LogP contribution in [0.4, 0.5) is 0 Å². The predicted octanol–water partition coefficient (Wildman–Crippen LogP) is 2.42. The lowest BCUT2D eigenvalue weighted by molar-refractivity contribution is 0.211. The van der Waals surface area contributed by atoms with Crippen molar-refractivity contribution in [3.8, 4) is 0 Å². The minimum atomic E-state index is -0.201. The van der Waals surface area contributed by atoms with Crippen molar-refractivity contribution in [3.05, 3.63) is 24.3 Å². The highest BCUT2D eigenvalue weighted by Crippen LogP contribution is 2.19. The summed E-state index contributed by atoms with van der Waals surface area (Å²) in [5, 5.41) is 9.38. The molecule has 1 atom stereocenters. The zero-order valence-electron chi connectivity index (χ0n) is 6.92. The lowest BCUT2D eigenvalue weighted by Gasteiger charge is -2.01. The quantitative estimate of drug-likeness (QED) is 0.602. The van der Waals surface area contributed by atoms with E-state index < -0.39 is 0 Å². The van der Waals surface area contributed by atoms with Crippen LogP contribution in [0.25, 0.3) is 0 Å². The summed E-state index contributed by atoms with van der Waals surface area (Å²) in [5.74, 6) is 0. The van der Waals surface area contributed by atoms with Gasteiger partial charge in [0.1, 0.15) is 0 Å². The second-order valence-electron chi connectivity index (χ2n) is 3.13. The van der Waals surface area contributed by atoms with Gasteiger partial charge in [-0.15, -0.1) is 6.58 Å². The lowest BCUT2D eigenvalue weighted by atomic mass is 10.1. The third-order valence-electron chi connectivity index (χ3n) is 2.08. The van der Waals surface area contributed by atoms with Crippen molar-refractivity contribution in [2.24, 2.45) is 0 Å². The Morgan fingerprint density at radius 1 is 1.64 bits per heavy atom. The van der Waals surface area contributed by atoms with E-state index in [4.69, 9.17) is 0 Å². The minimum Gasteiger partial charge on any atom is -0.389 e. The van der Waals surface area contributed by atoms with Gasteiger partial charge >= 0.3 is 0 Å². The maximum atomic E-state index is 9.38. The summed E-state index contributed by atoms with van der Waals surface area (Å²) in [6.45, 7) is 3.69. The van der Waals surface area contributed by atoms with Gasteiger partial charge in [-0.1, -0.05) is 24.1 Å². The Balaban J connectivity index is 2.51. The SMILES string of the molecule is C=CCC1=CC(O)CCCC1. The van der Waals surface area contributed by atoms with E-state index in [2.05, 4.69) is 6.58 Å². The van der Waals surface area contributed by atoms with Gasteiger partial charge in [0.15, 0.2) is 0 Å². The van der Waals surface area contributed by atoms with Crippen LogP contribution in [-0.4, -0.2) is 11.2 Å². The molecule has 1 rings (SSSR count). The normalized spacial score (nSPS) is 25.5. The summed E-state index contributed by atoms with van der Waals surface area (Å²) < 4.78 is 0. The van der Waals surface area contributed by atoms with Crippen molar-refractivity contribution >= 4 is 0 Å². The van der Waals surface area contributed by atoms with Crippen molar-refractivity contribution in [3.63, 3.8) is 0 Å². The van der Waals surface area contributed by atoms with E-state index in [9.17, 15) is 5.11 Å². The third-order valence-corrected chi connectivity index (χ3v) is 2.08. The highest BCUT2D eigenvalue weighted by molar-refractivity contribution is 5.10. The number of aliphatic hydroxyl groups excluding tert-OH is 1. The topological polar surface area (TPSA) is 20.2 Å². The number of allylic oxidation sites excluding steroid dienone is 2. The predicted molar refractivity (Wildman–Crippen MR) is 47.4 cm³/mol. The first-order valence-corrected chi connectivity index (χ1v) is 4.31. The van der Waals surface area contributed by atoms with Gasteiger partial charge in [-0.05, 0) is 25.7 Å². The van der Waals surface area contributed by atoms with E-state index >= 15 is 0 Å². The van der Waals surface area contributed by atoms with Crippen LogP contribution < -0.4 is 0 Å². The molecular formula is C10H16O. The fourth-order valence-electron chi connectivity index (χ4n) is 1.50. The Hall–Kier alpha value is -0.560. The monoisotopic (exact) mass is 152 g/mol. The fraction of sp³-hybridized carbons (Fsp3) is 0.600. The van der Waals surface area contributed by atoms with Gasteiger partial charge < -0.3 is 5.11 Å². The maximum Gasteiger partial charge on any atom is 0.0723 e. The van der Waals surface area contributed by atoms with Gasteiger partial charge in [-0.2, -0.15) is 0 Å². The second kappa shape index (κ2) is 4.35. The molecule has 0 fully saturated rings. The molecule has 0 aromatic carbocycles. The molecule has 11 heavy (non-hydrogen) atoms. The Morgan fingerprint density at radius 3 is 3.18 bits per heavy atom. The number of aliphatic hydroxyl groups is 1. The van der Waals surface area contributed by atoms with Crippen LogP contribution >= 0.6 is 0 Å². The van der Waals surface area contributed by atoms with E-state index in [-0.39, 0.29) is 6.10 Å². The second-order valence-corrected chi connectivity index (χ2v) is 3.13. The molecule has 62 valence electrons. The van der Waals surface area contributed by atoms with Gasteiger partial charge in [0.25, 0.3) is 0 Å². The van der Waals surface area contributed by atoms with Crippen LogP contribution in [0.2, 0.25) is 0 Å². The van der Waals surface area contributed by atoms with Crippen LogP contribution in [0.5, 0.6) is 0 Å². The zero-order chi connectivity index (χ0) is 8.10. The first kappa shape index (κ1) is 8.54. The molecule has 0 aromatic heterocycles. The lowest BCUT2D eigenvalue weighted by Crippen LogP contribution is -1.99. The molecule has 1 N–H and O–H groups in total. The van der Waals surface area contributed by atoms with Crippen molar-refractivity contribution in [2.75, 3.05) is 0 Å². The van der Waals surface area contributed by atoms with Gasteiger partial charge in [-0.3, -0.25) is 0 Å². The molecule has 0 aliphatic heterocycles. The van der Waals surface area contributed by atoms with Gasteiger partial charge in [0.05, 0.1) is 6.10 Å². The average Bonchev–Trinajstić information content (AvgIpc) is 2.15. The van der Waals surface area contributed by atoms with Crippen LogP contribution in [0.3, 0.4) is 0 Å². The van der Waals surface area contributed by atoms with Gasteiger partial charge in [-0.25, -0.2) is 0 Å². The van der Waals surface area contributed by atoms with Crippen LogP contribution in [0.15, 0.2) is 24.3 Å². The largest absolute Gasteiger partial charge is 0.389 e. The van der Waals surface area contributed by atoms with E-state index in [1.54, 1.807) is 0 Å². The standard InChI is InChI=1S/C10H16O/c1-2-5-9-6-3-4-7-10(11)8-9/h2,8,10-11H,1,3-7H2. The van der Waals surface area contributed by atoms with Crippen molar-refractivity contribution in [1.82, 2.24) is 0 Å². The van der Waals surface area contributed by atoms with E-state index in [1.165, 1.54) is 12.0 Å². The molecule has 1 aliphatic rings. The van der Waals surface area contributed by atoms with Crippen molar-refractivity contribution in [1.29, 1.82) is 0 Å². The van der Waals surface area contributed by atoms with E-state index in [0.29, 0.717) is 0 Å². The summed E-state index contributed by atoms with van der Waals surface area (Å²) in [6, 6.07) is 0.